The Morgan fingerprint density at radius 3 is 2.90 bits per heavy atom. The fourth-order valence-corrected chi connectivity index (χ4v) is 4.71. The summed E-state index contributed by atoms with van der Waals surface area (Å²) >= 11 is 0. The van der Waals surface area contributed by atoms with Gasteiger partial charge in [-0.25, -0.2) is 4.68 Å². The Morgan fingerprint density at radius 1 is 1.16 bits per heavy atom. The normalized spacial score (nSPS) is 22.5. The first-order valence-electron chi connectivity index (χ1n) is 10.7. The molecule has 3 aromatic rings. The van der Waals surface area contributed by atoms with Crippen LogP contribution in [0.1, 0.15) is 28.9 Å². The minimum atomic E-state index is -0.0659. The molecule has 5 rings (SSSR count). The lowest BCUT2D eigenvalue weighted by Crippen LogP contribution is -2.52. The van der Waals surface area contributed by atoms with Crippen molar-refractivity contribution in [1.29, 1.82) is 0 Å². The minimum absolute atomic E-state index is 0.0357. The number of aromatic nitrogens is 5. The molecular weight excluding hydrogens is 394 g/mol. The van der Waals surface area contributed by atoms with Crippen molar-refractivity contribution < 1.29 is 9.53 Å². The van der Waals surface area contributed by atoms with Crippen molar-refractivity contribution in [2.24, 2.45) is 5.41 Å². The number of aromatic amines is 1. The van der Waals surface area contributed by atoms with Gasteiger partial charge in [0, 0.05) is 44.3 Å². The average molecular weight is 422 g/mol. The second kappa shape index (κ2) is 8.60. The summed E-state index contributed by atoms with van der Waals surface area (Å²) in [6.45, 7) is 5.30. The zero-order valence-electron chi connectivity index (χ0n) is 17.5. The predicted octanol–water partition coefficient (Wildman–Crippen LogP) is 1.75. The second-order valence-corrected chi connectivity index (χ2v) is 8.56. The van der Waals surface area contributed by atoms with Crippen molar-refractivity contribution in [1.82, 2.24) is 35.0 Å². The summed E-state index contributed by atoms with van der Waals surface area (Å²) in [4.78, 5) is 17.6. The highest BCUT2D eigenvalue weighted by molar-refractivity contribution is 5.94. The van der Waals surface area contributed by atoms with Crippen LogP contribution in [0.25, 0.3) is 5.69 Å². The van der Waals surface area contributed by atoms with Crippen molar-refractivity contribution >= 4 is 5.91 Å². The zero-order chi connectivity index (χ0) is 21.1. The van der Waals surface area contributed by atoms with E-state index >= 15 is 0 Å². The van der Waals surface area contributed by atoms with Crippen LogP contribution in [0.2, 0.25) is 0 Å². The molecule has 9 nitrogen and oxygen atoms in total. The molecule has 1 amide bonds. The Hall–Kier alpha value is -3.04. The van der Waals surface area contributed by atoms with Crippen molar-refractivity contribution in [3.63, 3.8) is 0 Å². The van der Waals surface area contributed by atoms with Crippen LogP contribution in [0, 0.1) is 5.41 Å². The number of benzene rings is 1. The Balaban J connectivity index is 1.30. The van der Waals surface area contributed by atoms with Gasteiger partial charge in [0.05, 0.1) is 42.6 Å². The minimum Gasteiger partial charge on any atom is -0.379 e. The van der Waals surface area contributed by atoms with E-state index in [0.29, 0.717) is 25.3 Å². The lowest BCUT2D eigenvalue weighted by molar-refractivity contribution is 0.00690. The maximum Gasteiger partial charge on any atom is 0.257 e. The second-order valence-electron chi connectivity index (χ2n) is 8.56. The Bertz CT molecular complexity index is 1000. The third-order valence-electron chi connectivity index (χ3n) is 6.17. The van der Waals surface area contributed by atoms with E-state index in [2.05, 4.69) is 25.4 Å². The first kappa shape index (κ1) is 19.9. The van der Waals surface area contributed by atoms with Crippen LogP contribution in [0.4, 0.5) is 0 Å². The van der Waals surface area contributed by atoms with Crippen LogP contribution >= 0.6 is 0 Å². The molecule has 0 radical (unpaired) electrons. The number of hydrogen-bond acceptors (Lipinski definition) is 6. The summed E-state index contributed by atoms with van der Waals surface area (Å²) in [6.07, 6.45) is 7.27. The van der Waals surface area contributed by atoms with Gasteiger partial charge in [-0.1, -0.05) is 18.2 Å². The standard InChI is InChI=1S/C22H27N7O2/c30-21(18-11-24-29(13-18)20-5-2-1-3-6-20)28-8-4-7-22(16-28)15-27(9-10-31-17-22)14-19-12-23-26-25-19/h1-3,5-6,11-13H,4,7-10,14-17H2,(H,23,25,26). The molecule has 1 N–H and O–H groups in total. The lowest BCUT2D eigenvalue weighted by Gasteiger charge is -2.43. The number of hydrogen-bond donors (Lipinski definition) is 1. The molecule has 2 aliphatic rings. The number of H-pyrrole nitrogens is 1. The van der Waals surface area contributed by atoms with E-state index in [9.17, 15) is 4.79 Å². The van der Waals surface area contributed by atoms with E-state index in [1.165, 1.54) is 0 Å². The number of carbonyl (C=O) groups is 1. The highest BCUT2D eigenvalue weighted by Gasteiger charge is 2.40. The molecule has 2 aromatic heterocycles. The molecule has 2 fully saturated rings. The maximum absolute atomic E-state index is 13.3. The van der Waals surface area contributed by atoms with Gasteiger partial charge in [0.1, 0.15) is 0 Å². The van der Waals surface area contributed by atoms with Crippen molar-refractivity contribution in [3.05, 3.63) is 60.2 Å². The first-order chi connectivity index (χ1) is 15.2. The summed E-state index contributed by atoms with van der Waals surface area (Å²) in [7, 11) is 0. The molecule has 2 aliphatic heterocycles. The molecular formula is C22H27N7O2. The number of likely N-dealkylation sites (tertiary alicyclic amines) is 1. The molecule has 4 heterocycles. The molecule has 31 heavy (non-hydrogen) atoms. The van der Waals surface area contributed by atoms with E-state index in [1.54, 1.807) is 17.1 Å². The van der Waals surface area contributed by atoms with E-state index in [1.807, 2.05) is 41.4 Å². The number of ether oxygens (including phenoxy) is 1. The van der Waals surface area contributed by atoms with Crippen molar-refractivity contribution in [2.45, 2.75) is 19.4 Å². The first-order valence-corrected chi connectivity index (χ1v) is 10.7. The molecule has 1 unspecified atom stereocenters. The number of carbonyl (C=O) groups excluding carboxylic acids is 1. The third kappa shape index (κ3) is 4.38. The van der Waals surface area contributed by atoms with Gasteiger partial charge < -0.3 is 9.64 Å². The average Bonchev–Trinajstić information content (AvgIpc) is 3.46. The number of nitrogens with one attached hydrogen (secondary N) is 1. The van der Waals surface area contributed by atoms with Crippen LogP contribution < -0.4 is 0 Å². The van der Waals surface area contributed by atoms with Gasteiger partial charge in [-0.2, -0.15) is 20.5 Å². The van der Waals surface area contributed by atoms with Crippen molar-refractivity contribution in [3.8, 4) is 5.69 Å². The van der Waals surface area contributed by atoms with Gasteiger partial charge in [-0.3, -0.25) is 9.69 Å². The van der Waals surface area contributed by atoms with E-state index in [0.717, 1.165) is 50.4 Å². The van der Waals surface area contributed by atoms with Gasteiger partial charge in [0.15, 0.2) is 0 Å². The molecule has 162 valence electrons. The monoisotopic (exact) mass is 421 g/mol. The Kier molecular flexibility index (Phi) is 5.52. The molecule has 0 bridgehead atoms. The SMILES string of the molecule is O=C(c1cnn(-c2ccccc2)c1)N1CCCC2(COCCN(Cc3cn[nH]n3)C2)C1. The highest BCUT2D eigenvalue weighted by Crippen LogP contribution is 2.34. The van der Waals surface area contributed by atoms with Gasteiger partial charge >= 0.3 is 0 Å². The number of rotatable bonds is 4. The van der Waals surface area contributed by atoms with Gasteiger partial charge in [0.25, 0.3) is 5.91 Å². The quantitative estimate of drug-likeness (QED) is 0.690. The summed E-state index contributed by atoms with van der Waals surface area (Å²) in [5, 5.41) is 15.2. The largest absolute Gasteiger partial charge is 0.379 e. The molecule has 9 heteroatoms. The molecule has 0 saturated carbocycles. The molecule has 1 spiro atoms. The van der Waals surface area contributed by atoms with Crippen molar-refractivity contribution in [2.75, 3.05) is 39.4 Å². The Labute approximate surface area is 181 Å². The zero-order valence-corrected chi connectivity index (χ0v) is 17.5. The predicted molar refractivity (Wildman–Crippen MR) is 114 cm³/mol. The smallest absolute Gasteiger partial charge is 0.257 e. The highest BCUT2D eigenvalue weighted by atomic mass is 16.5. The van der Waals surface area contributed by atoms with Gasteiger partial charge in [-0.15, -0.1) is 0 Å². The molecule has 2 saturated heterocycles. The number of piperidine rings is 1. The number of para-hydroxylation sites is 1. The summed E-state index contributed by atoms with van der Waals surface area (Å²) < 4.78 is 7.74. The van der Waals surface area contributed by atoms with Gasteiger partial charge in [-0.05, 0) is 25.0 Å². The Morgan fingerprint density at radius 2 is 2.06 bits per heavy atom. The van der Waals surface area contributed by atoms with Crippen LogP contribution in [0.5, 0.6) is 0 Å². The van der Waals surface area contributed by atoms with Gasteiger partial charge in [0.2, 0.25) is 0 Å². The topological polar surface area (TPSA) is 92.2 Å². The molecule has 0 aliphatic carbocycles. The fraction of sp³-hybridized carbons (Fsp3) is 0.455. The number of amides is 1. The van der Waals surface area contributed by atoms with Crippen LogP contribution in [-0.2, 0) is 11.3 Å². The summed E-state index contributed by atoms with van der Waals surface area (Å²) in [5.74, 6) is 0.0357. The summed E-state index contributed by atoms with van der Waals surface area (Å²) in [6, 6.07) is 9.84. The molecule has 1 aromatic carbocycles. The third-order valence-corrected chi connectivity index (χ3v) is 6.17. The van der Waals surface area contributed by atoms with E-state index in [4.69, 9.17) is 4.74 Å². The van der Waals surface area contributed by atoms with E-state index in [-0.39, 0.29) is 11.3 Å². The van der Waals surface area contributed by atoms with Crippen LogP contribution in [0.3, 0.4) is 0 Å². The lowest BCUT2D eigenvalue weighted by atomic mass is 9.80. The van der Waals surface area contributed by atoms with Crippen LogP contribution in [0.15, 0.2) is 48.9 Å². The maximum atomic E-state index is 13.3. The van der Waals surface area contributed by atoms with Crippen LogP contribution in [-0.4, -0.2) is 80.3 Å². The fourth-order valence-electron chi connectivity index (χ4n) is 4.71. The summed E-state index contributed by atoms with van der Waals surface area (Å²) in [5.41, 5.74) is 2.42. The number of nitrogens with zero attached hydrogens (tertiary/aromatic N) is 6. The molecule has 1 atom stereocenters. The van der Waals surface area contributed by atoms with E-state index < -0.39 is 0 Å².